The predicted molar refractivity (Wildman–Crippen MR) is 122 cm³/mol. The highest BCUT2D eigenvalue weighted by Crippen LogP contribution is 2.25. The summed E-state index contributed by atoms with van der Waals surface area (Å²) in [7, 11) is 1.26. The summed E-state index contributed by atoms with van der Waals surface area (Å²) in [5.41, 5.74) is 1.75. The molecule has 1 saturated heterocycles. The molecule has 0 bridgehead atoms. The zero-order valence-electron chi connectivity index (χ0n) is 19.4. The number of anilines is 2. The number of carbonyl (C=O) groups is 2. The van der Waals surface area contributed by atoms with Gasteiger partial charge in [0.15, 0.2) is 0 Å². The van der Waals surface area contributed by atoms with Crippen LogP contribution in [-0.2, 0) is 36.0 Å². The highest BCUT2D eigenvalue weighted by Gasteiger charge is 2.34. The number of carbonyl (C=O) groups excluding carboxylic acids is 2. The van der Waals surface area contributed by atoms with Gasteiger partial charge in [-0.1, -0.05) is 0 Å². The molecule has 182 valence electrons. The lowest BCUT2D eigenvalue weighted by atomic mass is 9.98. The van der Waals surface area contributed by atoms with Crippen LogP contribution in [0.3, 0.4) is 0 Å². The van der Waals surface area contributed by atoms with E-state index in [1.54, 1.807) is 32.0 Å². The standard InChI is InChI=1S/C20H27N9O4S/c1-13-16(9-22-27(13)3)24-20(31)18-17(10-23-28(18)4)25-19(30)14-6-5-7-29(11-14)34(32,33)15-8-21-26(2)12-15/h8-10,12,14H,5-7,11H2,1-4H3,(H,24,31)(H,25,30)/t14-/m0/s1. The Bertz CT molecular complexity index is 1340. The summed E-state index contributed by atoms with van der Waals surface area (Å²) in [5.74, 6) is -1.39. The molecular weight excluding hydrogens is 462 g/mol. The van der Waals surface area contributed by atoms with Gasteiger partial charge in [0.05, 0.1) is 41.6 Å². The molecule has 0 radical (unpaired) electrons. The van der Waals surface area contributed by atoms with E-state index in [0.29, 0.717) is 25.1 Å². The first-order valence-corrected chi connectivity index (χ1v) is 12.1. The van der Waals surface area contributed by atoms with Crippen molar-refractivity contribution in [2.24, 2.45) is 27.1 Å². The molecule has 0 aliphatic carbocycles. The fourth-order valence-electron chi connectivity index (χ4n) is 3.89. The van der Waals surface area contributed by atoms with E-state index in [2.05, 4.69) is 25.9 Å². The number of amides is 2. The number of nitrogens with zero attached hydrogens (tertiary/aromatic N) is 7. The second kappa shape index (κ2) is 9.02. The van der Waals surface area contributed by atoms with Crippen molar-refractivity contribution in [3.05, 3.63) is 36.2 Å². The van der Waals surface area contributed by atoms with Crippen LogP contribution in [0.25, 0.3) is 0 Å². The molecule has 4 rings (SSSR count). The fourth-order valence-corrected chi connectivity index (χ4v) is 5.40. The van der Waals surface area contributed by atoms with Crippen molar-refractivity contribution in [1.82, 2.24) is 33.6 Å². The van der Waals surface area contributed by atoms with Crippen molar-refractivity contribution in [3.63, 3.8) is 0 Å². The topological polar surface area (TPSA) is 149 Å². The normalized spacial score (nSPS) is 17.0. The van der Waals surface area contributed by atoms with E-state index in [4.69, 9.17) is 0 Å². The van der Waals surface area contributed by atoms with E-state index < -0.39 is 21.8 Å². The molecule has 0 unspecified atom stereocenters. The molecule has 2 N–H and O–H groups in total. The smallest absolute Gasteiger partial charge is 0.276 e. The number of aryl methyl sites for hydroxylation is 3. The third kappa shape index (κ3) is 4.46. The van der Waals surface area contributed by atoms with Crippen molar-refractivity contribution < 1.29 is 18.0 Å². The number of nitrogens with one attached hydrogen (secondary N) is 2. The lowest BCUT2D eigenvalue weighted by Crippen LogP contribution is -2.43. The minimum atomic E-state index is -3.75. The van der Waals surface area contributed by atoms with Crippen LogP contribution < -0.4 is 10.6 Å². The van der Waals surface area contributed by atoms with Crippen molar-refractivity contribution in [1.29, 1.82) is 0 Å². The number of piperidine rings is 1. The largest absolute Gasteiger partial charge is 0.322 e. The number of hydrogen-bond acceptors (Lipinski definition) is 7. The Hall–Kier alpha value is -3.52. The molecule has 0 aromatic carbocycles. The molecule has 0 saturated carbocycles. The van der Waals surface area contributed by atoms with Crippen LogP contribution in [0.1, 0.15) is 29.0 Å². The Morgan fingerprint density at radius 2 is 1.71 bits per heavy atom. The predicted octanol–water partition coefficient (Wildman–Crippen LogP) is 0.487. The summed E-state index contributed by atoms with van der Waals surface area (Å²) in [4.78, 5) is 26.1. The van der Waals surface area contributed by atoms with E-state index >= 15 is 0 Å². The molecule has 14 heteroatoms. The molecule has 0 spiro atoms. The van der Waals surface area contributed by atoms with Crippen molar-refractivity contribution >= 4 is 33.2 Å². The molecule has 1 fully saturated rings. The van der Waals surface area contributed by atoms with Gasteiger partial charge in [-0.15, -0.1) is 0 Å². The number of aromatic nitrogens is 6. The summed E-state index contributed by atoms with van der Waals surface area (Å²) < 4.78 is 31.6. The Labute approximate surface area is 196 Å². The molecule has 1 aliphatic rings. The Kier molecular flexibility index (Phi) is 6.27. The van der Waals surface area contributed by atoms with Gasteiger partial charge in [0.2, 0.25) is 15.9 Å². The molecule has 34 heavy (non-hydrogen) atoms. The first kappa shape index (κ1) is 23.6. The highest BCUT2D eigenvalue weighted by molar-refractivity contribution is 7.89. The minimum absolute atomic E-state index is 0.0414. The lowest BCUT2D eigenvalue weighted by Gasteiger charge is -2.30. The van der Waals surface area contributed by atoms with Gasteiger partial charge in [0, 0.05) is 40.4 Å². The molecule has 4 heterocycles. The summed E-state index contributed by atoms with van der Waals surface area (Å²) in [5, 5.41) is 17.7. The maximum Gasteiger partial charge on any atom is 0.276 e. The van der Waals surface area contributed by atoms with Gasteiger partial charge in [-0.25, -0.2) is 8.42 Å². The minimum Gasteiger partial charge on any atom is -0.322 e. The van der Waals surface area contributed by atoms with Gasteiger partial charge >= 0.3 is 0 Å². The van der Waals surface area contributed by atoms with Crippen LogP contribution in [0, 0.1) is 12.8 Å². The second-order valence-corrected chi connectivity index (χ2v) is 10.2. The molecule has 3 aromatic rings. The van der Waals surface area contributed by atoms with E-state index in [0.717, 1.165) is 5.69 Å². The van der Waals surface area contributed by atoms with E-state index in [1.165, 1.54) is 32.3 Å². The van der Waals surface area contributed by atoms with Crippen molar-refractivity contribution in [2.45, 2.75) is 24.7 Å². The van der Waals surface area contributed by atoms with Crippen LogP contribution >= 0.6 is 0 Å². The molecule has 2 amide bonds. The second-order valence-electron chi connectivity index (χ2n) is 8.29. The average molecular weight is 490 g/mol. The van der Waals surface area contributed by atoms with Crippen LogP contribution in [0.4, 0.5) is 11.4 Å². The summed E-state index contributed by atoms with van der Waals surface area (Å²) in [6.07, 6.45) is 6.74. The van der Waals surface area contributed by atoms with Crippen LogP contribution in [0.5, 0.6) is 0 Å². The monoisotopic (exact) mass is 489 g/mol. The molecule has 1 atom stereocenters. The average Bonchev–Trinajstić information content (AvgIpc) is 3.49. The fraction of sp³-hybridized carbons (Fsp3) is 0.450. The van der Waals surface area contributed by atoms with Crippen molar-refractivity contribution in [3.8, 4) is 0 Å². The maximum atomic E-state index is 13.0. The van der Waals surface area contributed by atoms with Gasteiger partial charge in [0.25, 0.3) is 5.91 Å². The first-order valence-electron chi connectivity index (χ1n) is 10.7. The molecule has 3 aromatic heterocycles. The van der Waals surface area contributed by atoms with Gasteiger partial charge < -0.3 is 10.6 Å². The summed E-state index contributed by atoms with van der Waals surface area (Å²) in [6, 6.07) is 0. The Balaban J connectivity index is 1.48. The van der Waals surface area contributed by atoms with Gasteiger partial charge in [-0.05, 0) is 19.8 Å². The van der Waals surface area contributed by atoms with Crippen LogP contribution in [0.15, 0.2) is 29.7 Å². The van der Waals surface area contributed by atoms with Crippen LogP contribution in [0.2, 0.25) is 0 Å². The SMILES string of the molecule is Cc1c(NC(=O)c2c(NC(=O)[C@H]3CCCN(S(=O)(=O)c4cnn(C)c4)C3)cnn2C)cnn1C. The zero-order chi connectivity index (χ0) is 24.6. The highest BCUT2D eigenvalue weighted by atomic mass is 32.2. The summed E-state index contributed by atoms with van der Waals surface area (Å²) in [6.45, 7) is 2.19. The third-order valence-corrected chi connectivity index (χ3v) is 7.79. The first-order chi connectivity index (χ1) is 16.1. The molecule has 13 nitrogen and oxygen atoms in total. The van der Waals surface area contributed by atoms with E-state index in [-0.39, 0.29) is 28.7 Å². The molecular formula is C20H27N9O4S. The lowest BCUT2D eigenvalue weighted by molar-refractivity contribution is -0.120. The summed E-state index contributed by atoms with van der Waals surface area (Å²) >= 11 is 0. The Morgan fingerprint density at radius 1 is 1.00 bits per heavy atom. The maximum absolute atomic E-state index is 13.0. The van der Waals surface area contributed by atoms with E-state index in [9.17, 15) is 18.0 Å². The van der Waals surface area contributed by atoms with Gasteiger partial charge in [0.1, 0.15) is 10.6 Å². The third-order valence-electron chi connectivity index (χ3n) is 5.97. The Morgan fingerprint density at radius 3 is 2.35 bits per heavy atom. The zero-order valence-corrected chi connectivity index (χ0v) is 20.2. The number of hydrogen-bond donors (Lipinski definition) is 2. The van der Waals surface area contributed by atoms with Gasteiger partial charge in [-0.2, -0.15) is 19.6 Å². The number of rotatable bonds is 6. The van der Waals surface area contributed by atoms with Gasteiger partial charge in [-0.3, -0.25) is 23.6 Å². The quantitative estimate of drug-likeness (QED) is 0.512. The number of sulfonamides is 1. The van der Waals surface area contributed by atoms with E-state index in [1.807, 2.05) is 6.92 Å². The van der Waals surface area contributed by atoms with Crippen molar-refractivity contribution in [2.75, 3.05) is 23.7 Å². The molecule has 1 aliphatic heterocycles. The van der Waals surface area contributed by atoms with Crippen LogP contribution in [-0.4, -0.2) is 67.0 Å².